The Labute approximate surface area is 203 Å². The monoisotopic (exact) mass is 533 g/mol. The van der Waals surface area contributed by atoms with E-state index >= 15 is 0 Å². The number of hydrogen-bond acceptors (Lipinski definition) is 6. The number of halogens is 6. The summed E-state index contributed by atoms with van der Waals surface area (Å²) in [6.45, 7) is 3.80. The molecule has 1 saturated carbocycles. The van der Waals surface area contributed by atoms with E-state index in [1.54, 1.807) is 0 Å². The fraction of sp³-hybridized carbons (Fsp3) is 0.762. The first-order valence-corrected chi connectivity index (χ1v) is 11.2. The first-order chi connectivity index (χ1) is 16.7. The lowest BCUT2D eigenvalue weighted by molar-refractivity contribution is -0.193. The molecule has 1 aromatic rings. The van der Waals surface area contributed by atoms with Crippen molar-refractivity contribution >= 4 is 11.9 Å². The fourth-order valence-electron chi connectivity index (χ4n) is 3.79. The van der Waals surface area contributed by atoms with Crippen LogP contribution in [0.15, 0.2) is 12.4 Å². The van der Waals surface area contributed by atoms with Gasteiger partial charge in [-0.05, 0) is 38.0 Å². The van der Waals surface area contributed by atoms with Gasteiger partial charge in [-0.2, -0.15) is 26.3 Å². The third-order valence-corrected chi connectivity index (χ3v) is 5.86. The van der Waals surface area contributed by atoms with Gasteiger partial charge in [0.25, 0.3) is 0 Å². The number of ether oxygens (including phenoxy) is 2. The number of likely N-dealkylation sites (tertiary alicyclic amines) is 1. The molecule has 9 nitrogen and oxygen atoms in total. The second-order valence-corrected chi connectivity index (χ2v) is 8.74. The molecule has 1 aliphatic carbocycles. The van der Waals surface area contributed by atoms with Crippen LogP contribution in [-0.4, -0.2) is 87.0 Å². The van der Waals surface area contributed by atoms with Crippen molar-refractivity contribution < 1.29 is 55.6 Å². The molecule has 206 valence electrons. The zero-order valence-electron chi connectivity index (χ0n) is 19.5. The molecule has 0 unspecified atom stereocenters. The van der Waals surface area contributed by atoms with Crippen molar-refractivity contribution in [3.8, 4) is 0 Å². The fourth-order valence-corrected chi connectivity index (χ4v) is 3.79. The van der Waals surface area contributed by atoms with Crippen molar-refractivity contribution in [2.45, 2.75) is 69.3 Å². The van der Waals surface area contributed by atoms with Gasteiger partial charge in [0.15, 0.2) is 0 Å². The molecule has 0 bridgehead atoms. The van der Waals surface area contributed by atoms with E-state index in [0.29, 0.717) is 18.2 Å². The van der Waals surface area contributed by atoms with E-state index in [2.05, 4.69) is 21.5 Å². The molecule has 3 heterocycles. The number of fused-ring (bicyclic) bond motifs is 1. The van der Waals surface area contributed by atoms with Gasteiger partial charge >= 0.3 is 24.3 Å². The summed E-state index contributed by atoms with van der Waals surface area (Å²) in [5.41, 5.74) is 0. The van der Waals surface area contributed by atoms with Crippen LogP contribution in [0.4, 0.5) is 26.3 Å². The minimum Gasteiger partial charge on any atom is -0.475 e. The summed E-state index contributed by atoms with van der Waals surface area (Å²) < 4.78 is 77.7. The van der Waals surface area contributed by atoms with Crippen LogP contribution in [0, 0.1) is 5.92 Å². The quantitative estimate of drug-likeness (QED) is 0.536. The molecule has 2 N–H and O–H groups in total. The second kappa shape index (κ2) is 12.7. The smallest absolute Gasteiger partial charge is 0.475 e. The van der Waals surface area contributed by atoms with Crippen molar-refractivity contribution in [2.75, 3.05) is 19.8 Å². The highest BCUT2D eigenvalue weighted by Gasteiger charge is 2.40. The van der Waals surface area contributed by atoms with Gasteiger partial charge in [0, 0.05) is 38.6 Å². The molecule has 0 amide bonds. The third-order valence-electron chi connectivity index (χ3n) is 5.86. The molecule has 4 rings (SSSR count). The minimum absolute atomic E-state index is 0.313. The summed E-state index contributed by atoms with van der Waals surface area (Å²) in [5.74, 6) is -3.52. The lowest BCUT2D eigenvalue weighted by atomic mass is 9.99. The summed E-state index contributed by atoms with van der Waals surface area (Å²) in [6.07, 6.45) is 0.665. The number of aromatic nitrogens is 2. The van der Waals surface area contributed by atoms with Crippen LogP contribution in [0.2, 0.25) is 0 Å². The SMILES string of the molecule is Cn1ccnc1CN1CC[C@@H]2O[C@@H](COCC3CC3)CC[C@@H]21.O=C(O)C(F)(F)F.O=C(O)C(F)(F)F. The molecule has 3 atom stereocenters. The molecule has 2 aliphatic heterocycles. The van der Waals surface area contributed by atoms with Crippen LogP contribution in [-0.2, 0) is 32.7 Å². The highest BCUT2D eigenvalue weighted by Crippen LogP contribution is 2.33. The minimum atomic E-state index is -5.08. The van der Waals surface area contributed by atoms with Gasteiger partial charge in [0.1, 0.15) is 5.82 Å². The Hall–Kier alpha value is -2.39. The van der Waals surface area contributed by atoms with E-state index in [9.17, 15) is 26.3 Å². The lowest BCUT2D eigenvalue weighted by Gasteiger charge is -2.35. The van der Waals surface area contributed by atoms with Gasteiger partial charge in [0.2, 0.25) is 0 Å². The zero-order valence-corrected chi connectivity index (χ0v) is 19.5. The normalized spacial score (nSPS) is 24.1. The molecule has 0 radical (unpaired) electrons. The summed E-state index contributed by atoms with van der Waals surface area (Å²) in [6, 6.07) is 0.566. The maximum Gasteiger partial charge on any atom is 0.490 e. The molecule has 3 aliphatic rings. The van der Waals surface area contributed by atoms with E-state index in [1.165, 1.54) is 19.3 Å². The Morgan fingerprint density at radius 2 is 1.61 bits per heavy atom. The Bertz CT molecular complexity index is 834. The zero-order chi connectivity index (χ0) is 27.1. The van der Waals surface area contributed by atoms with Crippen molar-refractivity contribution in [2.24, 2.45) is 13.0 Å². The molecule has 36 heavy (non-hydrogen) atoms. The van der Waals surface area contributed by atoms with Crippen molar-refractivity contribution in [1.82, 2.24) is 14.5 Å². The number of hydrogen-bond donors (Lipinski definition) is 2. The average Bonchev–Trinajstić information content (AvgIpc) is 3.38. The van der Waals surface area contributed by atoms with Gasteiger partial charge in [-0.3, -0.25) is 4.90 Å². The number of imidazole rings is 1. The Morgan fingerprint density at radius 3 is 2.08 bits per heavy atom. The molecule has 2 saturated heterocycles. The van der Waals surface area contributed by atoms with Gasteiger partial charge in [-0.25, -0.2) is 14.6 Å². The standard InChI is InChI=1S/C17H27N3O2.2C2HF3O2/c1-19-9-7-18-17(19)10-20-8-6-16-15(20)5-4-14(22-16)12-21-11-13-2-3-13;2*3-2(4,5)1(6)7/h7,9,13-16H,2-6,8,10-12H2,1H3;2*(H,6,7)/t14-,15+,16+;;/m1../s1. The maximum atomic E-state index is 10.6. The van der Waals surface area contributed by atoms with Crippen LogP contribution in [0.1, 0.15) is 37.9 Å². The topological polar surface area (TPSA) is 114 Å². The predicted molar refractivity (Wildman–Crippen MR) is 111 cm³/mol. The number of carboxylic acids is 2. The van der Waals surface area contributed by atoms with E-state index in [-0.39, 0.29) is 0 Å². The number of rotatable bonds is 6. The van der Waals surface area contributed by atoms with Crippen molar-refractivity contribution in [3.63, 3.8) is 0 Å². The molecule has 15 heteroatoms. The summed E-state index contributed by atoms with van der Waals surface area (Å²) >= 11 is 0. The summed E-state index contributed by atoms with van der Waals surface area (Å²) in [4.78, 5) is 24.8. The van der Waals surface area contributed by atoms with E-state index in [0.717, 1.165) is 50.9 Å². The molecular weight excluding hydrogens is 504 g/mol. The van der Waals surface area contributed by atoms with Crippen LogP contribution in [0.25, 0.3) is 0 Å². The van der Waals surface area contributed by atoms with Gasteiger partial charge in [-0.15, -0.1) is 0 Å². The van der Waals surface area contributed by atoms with E-state index in [1.807, 2.05) is 12.4 Å². The Morgan fingerprint density at radius 1 is 1.03 bits per heavy atom. The highest BCUT2D eigenvalue weighted by atomic mass is 19.4. The van der Waals surface area contributed by atoms with Crippen LogP contribution in [0.3, 0.4) is 0 Å². The van der Waals surface area contributed by atoms with Crippen LogP contribution < -0.4 is 0 Å². The van der Waals surface area contributed by atoms with Gasteiger partial charge < -0.3 is 24.3 Å². The predicted octanol–water partition coefficient (Wildman–Crippen LogP) is 3.24. The molecule has 1 aromatic heterocycles. The Balaban J connectivity index is 0.000000271. The number of aryl methyl sites for hydroxylation is 1. The summed E-state index contributed by atoms with van der Waals surface area (Å²) in [7, 11) is 2.07. The highest BCUT2D eigenvalue weighted by molar-refractivity contribution is 5.73. The second-order valence-electron chi connectivity index (χ2n) is 8.74. The van der Waals surface area contributed by atoms with Gasteiger partial charge in [0.05, 0.1) is 25.4 Å². The number of alkyl halides is 6. The number of aliphatic carboxylic acids is 2. The molecular formula is C21H29F6N3O6. The van der Waals surface area contributed by atoms with E-state index in [4.69, 9.17) is 29.3 Å². The average molecular weight is 533 g/mol. The molecule has 0 aromatic carbocycles. The molecule has 0 spiro atoms. The summed E-state index contributed by atoms with van der Waals surface area (Å²) in [5, 5.41) is 14.2. The first kappa shape index (κ1) is 29.8. The number of carboxylic acid groups (broad SMARTS) is 2. The lowest BCUT2D eigenvalue weighted by Crippen LogP contribution is -2.43. The maximum absolute atomic E-state index is 10.6. The van der Waals surface area contributed by atoms with Crippen molar-refractivity contribution in [1.29, 1.82) is 0 Å². The van der Waals surface area contributed by atoms with E-state index < -0.39 is 24.3 Å². The van der Waals surface area contributed by atoms with Gasteiger partial charge in [-0.1, -0.05) is 0 Å². The Kier molecular flexibility index (Phi) is 10.5. The molecule has 3 fully saturated rings. The first-order valence-electron chi connectivity index (χ1n) is 11.2. The van der Waals surface area contributed by atoms with Crippen LogP contribution in [0.5, 0.6) is 0 Å². The van der Waals surface area contributed by atoms with Crippen molar-refractivity contribution in [3.05, 3.63) is 18.2 Å². The van der Waals surface area contributed by atoms with Crippen LogP contribution >= 0.6 is 0 Å². The third kappa shape index (κ3) is 9.93. The number of nitrogens with zero attached hydrogens (tertiary/aromatic N) is 3. The largest absolute Gasteiger partial charge is 0.490 e. The number of carbonyl (C=O) groups is 2.